The van der Waals surface area contributed by atoms with Crippen molar-refractivity contribution < 1.29 is 0 Å². The molecule has 0 unspecified atom stereocenters. The van der Waals surface area contributed by atoms with Crippen LogP contribution >= 0.6 is 0 Å². The van der Waals surface area contributed by atoms with Crippen molar-refractivity contribution in [3.05, 3.63) is 11.6 Å². The lowest BCUT2D eigenvalue weighted by atomic mass is 9.54. The standard InChI is InChI=1S/C21H33N3/c1-3-9-22-14-21-13-17(18(22)7-1)12-16-6-5-11-24(20(16)21)15-23-10-4-2-8-19(21)23/h12,17-20H,1-11,13-15H2/t17-,18-,19-,20+,21+/m0/s1. The largest absolute Gasteiger partial charge is 0.299 e. The van der Waals surface area contributed by atoms with Crippen LogP contribution in [0.25, 0.3) is 0 Å². The van der Waals surface area contributed by atoms with Gasteiger partial charge in [-0.05, 0) is 64.0 Å². The molecule has 1 aliphatic carbocycles. The highest BCUT2D eigenvalue weighted by molar-refractivity contribution is 5.31. The molecule has 0 N–H and O–H groups in total. The fourth-order valence-electron chi connectivity index (χ4n) is 7.87. The number of hydrogen-bond donors (Lipinski definition) is 0. The van der Waals surface area contributed by atoms with Crippen LogP contribution in [0, 0.1) is 11.3 Å². The molecule has 3 heteroatoms. The molecule has 2 bridgehead atoms. The summed E-state index contributed by atoms with van der Waals surface area (Å²) in [6, 6.07) is 2.55. The third-order valence-electron chi connectivity index (χ3n) is 8.51. The van der Waals surface area contributed by atoms with Crippen molar-refractivity contribution in [1.82, 2.24) is 14.7 Å². The molecule has 5 atom stereocenters. The molecule has 5 aliphatic heterocycles. The summed E-state index contributed by atoms with van der Waals surface area (Å²) in [6.45, 7) is 6.77. The van der Waals surface area contributed by atoms with Crippen molar-refractivity contribution in [2.75, 3.05) is 32.8 Å². The third-order valence-corrected chi connectivity index (χ3v) is 8.51. The first-order valence-electron chi connectivity index (χ1n) is 10.8. The van der Waals surface area contributed by atoms with E-state index in [2.05, 4.69) is 20.8 Å². The van der Waals surface area contributed by atoms with E-state index in [4.69, 9.17) is 0 Å². The molecule has 0 aromatic rings. The van der Waals surface area contributed by atoms with Crippen molar-refractivity contribution in [2.24, 2.45) is 11.3 Å². The molecule has 0 aromatic carbocycles. The zero-order valence-electron chi connectivity index (χ0n) is 15.1. The van der Waals surface area contributed by atoms with Gasteiger partial charge in [-0.1, -0.05) is 24.5 Å². The zero-order chi connectivity index (χ0) is 15.7. The van der Waals surface area contributed by atoms with Gasteiger partial charge in [0, 0.05) is 36.6 Å². The Bertz CT molecular complexity index is 557. The summed E-state index contributed by atoms with van der Waals surface area (Å²) in [5, 5.41) is 0. The van der Waals surface area contributed by atoms with Gasteiger partial charge in [-0.25, -0.2) is 0 Å². The van der Waals surface area contributed by atoms with Crippen molar-refractivity contribution in [1.29, 1.82) is 0 Å². The minimum absolute atomic E-state index is 0.557. The van der Waals surface area contributed by atoms with Crippen LogP contribution in [-0.4, -0.2) is 65.7 Å². The van der Waals surface area contributed by atoms with Crippen LogP contribution in [0.1, 0.15) is 57.8 Å². The Morgan fingerprint density at radius 3 is 2.67 bits per heavy atom. The second-order valence-corrected chi connectivity index (χ2v) is 9.66. The van der Waals surface area contributed by atoms with Crippen molar-refractivity contribution >= 4 is 0 Å². The van der Waals surface area contributed by atoms with Gasteiger partial charge >= 0.3 is 0 Å². The Balaban J connectivity index is 1.47. The quantitative estimate of drug-likeness (QED) is 0.633. The molecule has 6 aliphatic rings. The molecular weight excluding hydrogens is 294 g/mol. The molecule has 3 nitrogen and oxygen atoms in total. The fourth-order valence-corrected chi connectivity index (χ4v) is 7.87. The molecule has 5 saturated heterocycles. The summed E-state index contributed by atoms with van der Waals surface area (Å²) in [4.78, 5) is 8.77. The first-order valence-corrected chi connectivity index (χ1v) is 10.8. The monoisotopic (exact) mass is 327 g/mol. The lowest BCUT2D eigenvalue weighted by Crippen LogP contribution is -2.75. The second-order valence-electron chi connectivity index (χ2n) is 9.66. The highest BCUT2D eigenvalue weighted by atomic mass is 15.4. The van der Waals surface area contributed by atoms with E-state index >= 15 is 0 Å². The average Bonchev–Trinajstić information content (AvgIpc) is 2.62. The Hall–Kier alpha value is -0.380. The first-order chi connectivity index (χ1) is 11.9. The van der Waals surface area contributed by atoms with E-state index in [9.17, 15) is 0 Å². The lowest BCUT2D eigenvalue weighted by molar-refractivity contribution is -0.165. The molecule has 5 fully saturated rings. The molecule has 1 spiro atoms. The molecule has 132 valence electrons. The molecule has 6 rings (SSSR count). The van der Waals surface area contributed by atoms with Crippen LogP contribution in [0.4, 0.5) is 0 Å². The van der Waals surface area contributed by atoms with Gasteiger partial charge in [-0.3, -0.25) is 14.7 Å². The van der Waals surface area contributed by atoms with Crippen molar-refractivity contribution in [3.8, 4) is 0 Å². The normalized spacial score (nSPS) is 48.9. The third kappa shape index (κ3) is 1.90. The van der Waals surface area contributed by atoms with Crippen molar-refractivity contribution in [2.45, 2.75) is 75.9 Å². The molecule has 0 saturated carbocycles. The maximum Gasteiger partial charge on any atom is 0.0514 e. The molecule has 0 amide bonds. The Morgan fingerprint density at radius 1 is 0.875 bits per heavy atom. The number of rotatable bonds is 0. The maximum absolute atomic E-state index is 2.95. The SMILES string of the molecule is C1=C2CCCN3CN4CCCC[C@H]4[C@]4(C[C@H]1[C@@H]1CCCCN1C4)[C@@H]23. The number of nitrogens with zero attached hydrogens (tertiary/aromatic N) is 3. The van der Waals surface area contributed by atoms with Gasteiger partial charge < -0.3 is 0 Å². The van der Waals surface area contributed by atoms with Gasteiger partial charge in [0.05, 0.1) is 6.67 Å². The average molecular weight is 328 g/mol. The highest BCUT2D eigenvalue weighted by Crippen LogP contribution is 2.57. The molecule has 5 heterocycles. The molecule has 0 radical (unpaired) electrons. The summed E-state index contributed by atoms with van der Waals surface area (Å²) in [7, 11) is 0. The zero-order valence-corrected chi connectivity index (χ0v) is 15.1. The van der Waals surface area contributed by atoms with E-state index in [-0.39, 0.29) is 0 Å². The van der Waals surface area contributed by atoms with E-state index in [1.165, 1.54) is 90.6 Å². The van der Waals surface area contributed by atoms with Crippen LogP contribution in [0.3, 0.4) is 0 Å². The van der Waals surface area contributed by atoms with Gasteiger partial charge in [0.15, 0.2) is 0 Å². The predicted molar refractivity (Wildman–Crippen MR) is 96.8 cm³/mol. The van der Waals surface area contributed by atoms with Crippen LogP contribution in [0.2, 0.25) is 0 Å². The summed E-state index contributed by atoms with van der Waals surface area (Å²) in [5.74, 6) is 0.868. The minimum Gasteiger partial charge on any atom is -0.299 e. The van der Waals surface area contributed by atoms with Crippen LogP contribution in [0.5, 0.6) is 0 Å². The second kappa shape index (κ2) is 5.31. The summed E-state index contributed by atoms with van der Waals surface area (Å²) < 4.78 is 0. The van der Waals surface area contributed by atoms with E-state index in [0.717, 1.165) is 24.0 Å². The van der Waals surface area contributed by atoms with Crippen molar-refractivity contribution in [3.63, 3.8) is 0 Å². The maximum atomic E-state index is 2.95. The number of piperidine rings is 4. The Morgan fingerprint density at radius 2 is 1.71 bits per heavy atom. The molecule has 0 aromatic heterocycles. The molecular formula is C21H33N3. The molecule has 24 heavy (non-hydrogen) atoms. The summed E-state index contributed by atoms with van der Waals surface area (Å²) in [6.07, 6.45) is 15.9. The lowest BCUT2D eigenvalue weighted by Gasteiger charge is -2.68. The van der Waals surface area contributed by atoms with Crippen LogP contribution in [-0.2, 0) is 0 Å². The van der Waals surface area contributed by atoms with Gasteiger partial charge in [0.1, 0.15) is 0 Å². The van der Waals surface area contributed by atoms with Crippen LogP contribution in [0.15, 0.2) is 11.6 Å². The van der Waals surface area contributed by atoms with E-state index < -0.39 is 0 Å². The van der Waals surface area contributed by atoms with E-state index in [1.54, 1.807) is 0 Å². The van der Waals surface area contributed by atoms with Gasteiger partial charge in [0.2, 0.25) is 0 Å². The summed E-state index contributed by atoms with van der Waals surface area (Å²) >= 11 is 0. The number of hydrogen-bond acceptors (Lipinski definition) is 3. The highest BCUT2D eigenvalue weighted by Gasteiger charge is 2.61. The van der Waals surface area contributed by atoms with Gasteiger partial charge in [-0.15, -0.1) is 0 Å². The topological polar surface area (TPSA) is 9.72 Å². The van der Waals surface area contributed by atoms with Gasteiger partial charge in [-0.2, -0.15) is 0 Å². The van der Waals surface area contributed by atoms with Gasteiger partial charge in [0.25, 0.3) is 0 Å². The fraction of sp³-hybridized carbons (Fsp3) is 0.905. The smallest absolute Gasteiger partial charge is 0.0514 e. The summed E-state index contributed by atoms with van der Waals surface area (Å²) in [5.41, 5.74) is 2.43. The van der Waals surface area contributed by atoms with E-state index in [0.29, 0.717) is 5.41 Å². The first kappa shape index (κ1) is 14.8. The van der Waals surface area contributed by atoms with E-state index in [1.807, 2.05) is 5.57 Å². The Kier molecular flexibility index (Phi) is 3.26. The Labute approximate surface area is 147 Å². The predicted octanol–water partition coefficient (Wildman–Crippen LogP) is 3.08. The minimum atomic E-state index is 0.557. The van der Waals surface area contributed by atoms with Crippen LogP contribution < -0.4 is 0 Å². The number of fused-ring (bicyclic) bond motifs is 4.